The van der Waals surface area contributed by atoms with E-state index in [9.17, 15) is 14.5 Å². The van der Waals surface area contributed by atoms with Crippen molar-refractivity contribution in [3.05, 3.63) is 44.8 Å². The molecule has 0 atom stereocenters. The van der Waals surface area contributed by atoms with Crippen molar-refractivity contribution in [3.63, 3.8) is 0 Å². The number of hydrazine groups is 1. The Morgan fingerprint density at radius 3 is 2.71 bits per heavy atom. The second-order valence-electron chi connectivity index (χ2n) is 3.99. The summed E-state index contributed by atoms with van der Waals surface area (Å²) in [4.78, 5) is 18.1. The maximum absolute atomic E-state index is 13.4. The van der Waals surface area contributed by atoms with Gasteiger partial charge in [0, 0.05) is 5.69 Å². The summed E-state index contributed by atoms with van der Waals surface area (Å²) in [7, 11) is 0. The van der Waals surface area contributed by atoms with Crippen LogP contribution in [0.1, 0.15) is 5.69 Å². The van der Waals surface area contributed by atoms with E-state index in [1.54, 1.807) is 0 Å². The van der Waals surface area contributed by atoms with Gasteiger partial charge in [-0.15, -0.1) is 0 Å². The minimum absolute atomic E-state index is 0.00460. The van der Waals surface area contributed by atoms with E-state index in [1.807, 2.05) is 0 Å². The Morgan fingerprint density at radius 1 is 1.43 bits per heavy atom. The first-order chi connectivity index (χ1) is 9.92. The molecular formula is C11H10ClFN6O2. The predicted molar refractivity (Wildman–Crippen MR) is 75.9 cm³/mol. The van der Waals surface area contributed by atoms with Crippen molar-refractivity contribution < 1.29 is 9.31 Å². The Labute approximate surface area is 123 Å². The molecule has 2 aromatic rings. The zero-order chi connectivity index (χ0) is 15.6. The van der Waals surface area contributed by atoms with E-state index in [0.717, 1.165) is 6.07 Å². The standard InChI is InChI=1S/C11H10ClFN6O2/c1-5-9(19(20)21)10(17-11(15-5)18-14)16-6-2-3-7(12)8(13)4-6/h2-4H,14H2,1H3,(H2,15,16,17,18). The van der Waals surface area contributed by atoms with Gasteiger partial charge in [-0.3, -0.25) is 15.5 Å². The monoisotopic (exact) mass is 312 g/mol. The number of nitrogens with zero attached hydrogens (tertiary/aromatic N) is 3. The molecule has 8 nitrogen and oxygen atoms in total. The van der Waals surface area contributed by atoms with Crippen LogP contribution in [0.25, 0.3) is 0 Å². The summed E-state index contributed by atoms with van der Waals surface area (Å²) in [6.45, 7) is 1.44. The largest absolute Gasteiger partial charge is 0.334 e. The average molecular weight is 313 g/mol. The smallest absolute Gasteiger partial charge is 0.332 e. The van der Waals surface area contributed by atoms with Gasteiger partial charge in [-0.2, -0.15) is 4.98 Å². The van der Waals surface area contributed by atoms with Gasteiger partial charge in [-0.05, 0) is 25.1 Å². The molecule has 0 saturated carbocycles. The zero-order valence-electron chi connectivity index (χ0n) is 10.7. The summed E-state index contributed by atoms with van der Waals surface area (Å²) in [6, 6.07) is 3.88. The van der Waals surface area contributed by atoms with Gasteiger partial charge >= 0.3 is 5.69 Å². The number of hydrogen-bond donors (Lipinski definition) is 3. The molecule has 0 saturated heterocycles. The lowest BCUT2D eigenvalue weighted by Crippen LogP contribution is -2.13. The van der Waals surface area contributed by atoms with Crippen LogP contribution in [0, 0.1) is 22.9 Å². The minimum Gasteiger partial charge on any atom is -0.334 e. The van der Waals surface area contributed by atoms with Crippen LogP contribution in [0.5, 0.6) is 0 Å². The van der Waals surface area contributed by atoms with Gasteiger partial charge in [0.15, 0.2) is 0 Å². The van der Waals surface area contributed by atoms with Gasteiger partial charge in [0.1, 0.15) is 11.5 Å². The minimum atomic E-state index is -0.660. The van der Waals surface area contributed by atoms with Crippen LogP contribution in [0.4, 0.5) is 27.5 Å². The maximum atomic E-state index is 13.4. The first kappa shape index (κ1) is 14.9. The molecule has 21 heavy (non-hydrogen) atoms. The van der Waals surface area contributed by atoms with Crippen LogP contribution < -0.4 is 16.6 Å². The predicted octanol–water partition coefficient (Wildman–Crippen LogP) is 2.51. The Kier molecular flexibility index (Phi) is 4.15. The van der Waals surface area contributed by atoms with Crippen LogP contribution in [0.15, 0.2) is 18.2 Å². The van der Waals surface area contributed by atoms with E-state index < -0.39 is 10.7 Å². The first-order valence-corrected chi connectivity index (χ1v) is 6.02. The van der Waals surface area contributed by atoms with Gasteiger partial charge in [0.2, 0.25) is 11.8 Å². The van der Waals surface area contributed by atoms with E-state index in [0.29, 0.717) is 0 Å². The van der Waals surface area contributed by atoms with Crippen molar-refractivity contribution in [1.29, 1.82) is 0 Å². The van der Waals surface area contributed by atoms with Gasteiger partial charge < -0.3 is 5.32 Å². The number of nitro groups is 1. The molecule has 2 rings (SSSR count). The fourth-order valence-electron chi connectivity index (χ4n) is 1.65. The quantitative estimate of drug-likeness (QED) is 0.451. The lowest BCUT2D eigenvalue weighted by molar-refractivity contribution is -0.385. The van der Waals surface area contributed by atoms with Crippen LogP contribution in [-0.4, -0.2) is 14.9 Å². The molecule has 1 aromatic carbocycles. The number of aromatic nitrogens is 2. The van der Waals surface area contributed by atoms with Crippen LogP contribution >= 0.6 is 11.6 Å². The molecule has 0 aliphatic carbocycles. The number of nitrogen functional groups attached to an aromatic ring is 1. The topological polar surface area (TPSA) is 119 Å². The molecule has 4 N–H and O–H groups in total. The first-order valence-electron chi connectivity index (χ1n) is 5.64. The third-order valence-electron chi connectivity index (χ3n) is 2.55. The van der Waals surface area contributed by atoms with Crippen LogP contribution in [-0.2, 0) is 0 Å². The normalized spacial score (nSPS) is 10.3. The molecule has 0 aliphatic rings. The van der Waals surface area contributed by atoms with Gasteiger partial charge in [-0.1, -0.05) is 11.6 Å². The summed E-state index contributed by atoms with van der Waals surface area (Å²) in [5.74, 6) is 4.43. The third-order valence-corrected chi connectivity index (χ3v) is 2.86. The molecule has 0 aliphatic heterocycles. The molecule has 1 heterocycles. The molecule has 0 radical (unpaired) electrons. The van der Waals surface area contributed by atoms with Crippen LogP contribution in [0.2, 0.25) is 5.02 Å². The highest BCUT2D eigenvalue weighted by Crippen LogP contribution is 2.30. The van der Waals surface area contributed by atoms with E-state index in [4.69, 9.17) is 17.4 Å². The van der Waals surface area contributed by atoms with Gasteiger partial charge in [0.25, 0.3) is 0 Å². The number of rotatable bonds is 4. The van der Waals surface area contributed by atoms with Crippen molar-refractivity contribution >= 4 is 34.7 Å². The Balaban J connectivity index is 2.48. The van der Waals surface area contributed by atoms with Crippen molar-refractivity contribution in [3.8, 4) is 0 Å². The maximum Gasteiger partial charge on any atom is 0.332 e. The van der Waals surface area contributed by atoms with E-state index >= 15 is 0 Å². The Hall–Kier alpha value is -2.52. The van der Waals surface area contributed by atoms with Crippen LogP contribution in [0.3, 0.4) is 0 Å². The van der Waals surface area contributed by atoms with E-state index in [1.165, 1.54) is 19.1 Å². The lowest BCUT2D eigenvalue weighted by atomic mass is 10.3. The number of nitrogens with two attached hydrogens (primary N) is 1. The SMILES string of the molecule is Cc1nc(NN)nc(Nc2ccc(Cl)c(F)c2)c1[N+](=O)[O-]. The van der Waals surface area contributed by atoms with Gasteiger partial charge in [0.05, 0.1) is 9.95 Å². The number of halogens is 2. The Morgan fingerprint density at radius 2 is 2.14 bits per heavy atom. The fraction of sp³-hybridized carbons (Fsp3) is 0.0909. The molecular weight excluding hydrogens is 303 g/mol. The second-order valence-corrected chi connectivity index (χ2v) is 4.39. The lowest BCUT2D eigenvalue weighted by Gasteiger charge is -2.09. The number of benzene rings is 1. The fourth-order valence-corrected chi connectivity index (χ4v) is 1.77. The highest BCUT2D eigenvalue weighted by Gasteiger charge is 2.22. The van der Waals surface area contributed by atoms with E-state index in [2.05, 4.69) is 20.7 Å². The molecule has 10 heteroatoms. The molecule has 0 spiro atoms. The van der Waals surface area contributed by atoms with E-state index in [-0.39, 0.29) is 33.9 Å². The van der Waals surface area contributed by atoms with Crippen molar-refractivity contribution in [2.45, 2.75) is 6.92 Å². The molecule has 1 aromatic heterocycles. The summed E-state index contributed by atoms with van der Waals surface area (Å²) < 4.78 is 13.4. The van der Waals surface area contributed by atoms with Crippen molar-refractivity contribution in [1.82, 2.24) is 9.97 Å². The molecule has 0 fully saturated rings. The summed E-state index contributed by atoms with van der Waals surface area (Å²) in [5.41, 5.74) is 2.23. The third kappa shape index (κ3) is 3.15. The molecule has 0 unspecified atom stereocenters. The Bertz CT molecular complexity index is 711. The number of aryl methyl sites for hydroxylation is 1. The highest BCUT2D eigenvalue weighted by atomic mass is 35.5. The highest BCUT2D eigenvalue weighted by molar-refractivity contribution is 6.30. The molecule has 0 amide bonds. The molecule has 0 bridgehead atoms. The summed E-state index contributed by atoms with van der Waals surface area (Å²) >= 11 is 5.58. The number of hydrogen-bond acceptors (Lipinski definition) is 7. The molecule has 110 valence electrons. The number of nitrogens with one attached hydrogen (secondary N) is 2. The van der Waals surface area contributed by atoms with Crippen molar-refractivity contribution in [2.75, 3.05) is 10.7 Å². The average Bonchev–Trinajstić information content (AvgIpc) is 2.41. The van der Waals surface area contributed by atoms with Crippen molar-refractivity contribution in [2.24, 2.45) is 5.84 Å². The summed E-state index contributed by atoms with van der Waals surface area (Å²) in [5, 5.41) is 13.7. The second kappa shape index (κ2) is 5.85. The van der Waals surface area contributed by atoms with Gasteiger partial charge in [-0.25, -0.2) is 15.2 Å². The zero-order valence-corrected chi connectivity index (χ0v) is 11.5. The number of anilines is 3. The summed E-state index contributed by atoms with van der Waals surface area (Å²) in [6.07, 6.45) is 0.